The van der Waals surface area contributed by atoms with Crippen molar-refractivity contribution >= 4 is 54.5 Å². The van der Waals surface area contributed by atoms with Gasteiger partial charge in [-0.2, -0.15) is 13.2 Å². The van der Waals surface area contributed by atoms with E-state index in [9.17, 15) is 26.4 Å². The number of nitrogens with zero attached hydrogens (tertiary/aromatic N) is 2. The second-order valence-corrected chi connectivity index (χ2v) is 9.49. The topological polar surface area (TPSA) is 122 Å². The molecule has 30 heavy (non-hydrogen) atoms. The minimum atomic E-state index is -4.95. The lowest BCUT2D eigenvalue weighted by molar-refractivity contribution is -0.139. The van der Waals surface area contributed by atoms with Crippen molar-refractivity contribution in [2.75, 3.05) is 19.9 Å². The normalized spacial score (nSPS) is 12.9. The number of nitrogens with one attached hydrogen (secondary N) is 2. The van der Waals surface area contributed by atoms with Gasteiger partial charge < -0.3 is 10.1 Å². The van der Waals surface area contributed by atoms with E-state index in [1.807, 2.05) is 0 Å². The summed E-state index contributed by atoms with van der Waals surface area (Å²) in [5, 5.41) is 17.7. The number of methoxy groups -OCH3 is 1. The number of halogens is 4. The summed E-state index contributed by atoms with van der Waals surface area (Å²) in [5.41, 5.74) is -1.59. The van der Waals surface area contributed by atoms with Crippen LogP contribution in [0.5, 0.6) is 0 Å². The fraction of sp³-hybridized carbons (Fsp3) is 0.250. The van der Waals surface area contributed by atoms with Crippen LogP contribution in [0.3, 0.4) is 0 Å². The van der Waals surface area contributed by atoms with E-state index < -0.39 is 38.7 Å². The van der Waals surface area contributed by atoms with Crippen LogP contribution in [0.4, 0.5) is 13.2 Å². The van der Waals surface area contributed by atoms with E-state index in [2.05, 4.69) is 36.2 Å². The molecular formula is C16H14BrF3N4O4S2. The first kappa shape index (κ1) is 24.0. The summed E-state index contributed by atoms with van der Waals surface area (Å²) in [6, 6.07) is 5.81. The molecule has 162 valence electrons. The minimum Gasteiger partial charge on any atom is -0.468 e. The fourth-order valence-electron chi connectivity index (χ4n) is 2.03. The Morgan fingerprint density at radius 3 is 2.57 bits per heavy atom. The van der Waals surface area contributed by atoms with E-state index in [-0.39, 0.29) is 20.6 Å². The van der Waals surface area contributed by atoms with Crippen molar-refractivity contribution in [3.8, 4) is 10.6 Å². The van der Waals surface area contributed by atoms with Gasteiger partial charge in [-0.05, 0) is 28.1 Å². The minimum absolute atomic E-state index is 0.0383. The third-order valence-corrected chi connectivity index (χ3v) is 6.40. The van der Waals surface area contributed by atoms with Crippen molar-refractivity contribution in [1.29, 1.82) is 5.41 Å². The van der Waals surface area contributed by atoms with Crippen molar-refractivity contribution < 1.29 is 31.1 Å². The summed E-state index contributed by atoms with van der Waals surface area (Å²) < 4.78 is 66.2. The molecule has 0 fully saturated rings. The molecule has 0 aliphatic rings. The van der Waals surface area contributed by atoms with E-state index in [0.29, 0.717) is 5.56 Å². The van der Waals surface area contributed by atoms with Crippen LogP contribution < -0.4 is 5.32 Å². The highest BCUT2D eigenvalue weighted by Crippen LogP contribution is 2.33. The van der Waals surface area contributed by atoms with Crippen molar-refractivity contribution in [1.82, 2.24) is 15.5 Å². The van der Waals surface area contributed by atoms with Gasteiger partial charge in [0.05, 0.1) is 22.2 Å². The predicted octanol–water partition coefficient (Wildman–Crippen LogP) is 3.02. The molecule has 2 rings (SSSR count). The SMILES string of the molecule is COC(=O)CN/C(=C(/Br)C(=N)C(F)(F)F)c1nnc(-c2cccc(S(C)(=O)=O)c2)s1. The highest BCUT2D eigenvalue weighted by molar-refractivity contribution is 9.12. The number of aromatic nitrogens is 2. The van der Waals surface area contributed by atoms with E-state index in [1.165, 1.54) is 18.2 Å². The van der Waals surface area contributed by atoms with Gasteiger partial charge in [0.1, 0.15) is 11.6 Å². The van der Waals surface area contributed by atoms with Gasteiger partial charge in [0.2, 0.25) is 0 Å². The van der Waals surface area contributed by atoms with Crippen molar-refractivity contribution in [2.45, 2.75) is 11.1 Å². The molecule has 0 saturated heterocycles. The maximum absolute atomic E-state index is 13.0. The number of benzene rings is 1. The van der Waals surface area contributed by atoms with Crippen LogP contribution in [-0.2, 0) is 19.4 Å². The Balaban J connectivity index is 2.50. The number of ether oxygens (including phenoxy) is 1. The molecular weight excluding hydrogens is 513 g/mol. The van der Waals surface area contributed by atoms with Gasteiger partial charge >= 0.3 is 12.1 Å². The monoisotopic (exact) mass is 526 g/mol. The number of hydrogen-bond acceptors (Lipinski definition) is 9. The number of sulfone groups is 1. The van der Waals surface area contributed by atoms with E-state index in [4.69, 9.17) is 5.41 Å². The van der Waals surface area contributed by atoms with Gasteiger partial charge in [-0.15, -0.1) is 10.2 Å². The predicted molar refractivity (Wildman–Crippen MR) is 108 cm³/mol. The first-order chi connectivity index (χ1) is 13.8. The molecule has 0 saturated carbocycles. The maximum Gasteiger partial charge on any atom is 0.433 e. The summed E-state index contributed by atoms with van der Waals surface area (Å²) in [4.78, 5) is 11.4. The molecule has 0 unspecified atom stereocenters. The first-order valence-electron chi connectivity index (χ1n) is 7.85. The molecule has 2 N–H and O–H groups in total. The first-order valence-corrected chi connectivity index (χ1v) is 11.4. The number of carbonyl (C=O) groups is 1. The third-order valence-electron chi connectivity index (χ3n) is 3.51. The lowest BCUT2D eigenvalue weighted by Gasteiger charge is -2.13. The molecule has 0 bridgehead atoms. The zero-order valence-corrected chi connectivity index (χ0v) is 18.6. The lowest BCUT2D eigenvalue weighted by Crippen LogP contribution is -2.28. The number of rotatable bonds is 7. The van der Waals surface area contributed by atoms with Gasteiger partial charge in [0, 0.05) is 11.8 Å². The maximum atomic E-state index is 13.0. The molecule has 1 aromatic carbocycles. The van der Waals surface area contributed by atoms with E-state index in [1.54, 1.807) is 6.07 Å². The average molecular weight is 527 g/mol. The van der Waals surface area contributed by atoms with E-state index >= 15 is 0 Å². The number of hydrogen-bond donors (Lipinski definition) is 2. The van der Waals surface area contributed by atoms with Crippen LogP contribution in [0.15, 0.2) is 33.6 Å². The highest BCUT2D eigenvalue weighted by Gasteiger charge is 2.38. The van der Waals surface area contributed by atoms with Crippen molar-refractivity contribution in [3.05, 3.63) is 33.8 Å². The van der Waals surface area contributed by atoms with Crippen LogP contribution in [0.2, 0.25) is 0 Å². The number of allylic oxidation sites excluding steroid dienone is 1. The van der Waals surface area contributed by atoms with Crippen LogP contribution in [0, 0.1) is 5.41 Å². The second-order valence-electron chi connectivity index (χ2n) is 5.70. The Kier molecular flexibility index (Phi) is 7.36. The summed E-state index contributed by atoms with van der Waals surface area (Å²) in [5.74, 6) is -0.753. The van der Waals surface area contributed by atoms with Crippen LogP contribution in [0.25, 0.3) is 16.3 Å². The number of esters is 1. The molecule has 0 atom stereocenters. The lowest BCUT2D eigenvalue weighted by atomic mass is 10.2. The quantitative estimate of drug-likeness (QED) is 0.420. The largest absolute Gasteiger partial charge is 0.468 e. The molecule has 0 radical (unpaired) electrons. The van der Waals surface area contributed by atoms with Crippen molar-refractivity contribution in [2.24, 2.45) is 0 Å². The molecule has 14 heteroatoms. The summed E-state index contributed by atoms with van der Waals surface area (Å²) in [6.07, 6.45) is -3.91. The van der Waals surface area contributed by atoms with Crippen LogP contribution >= 0.6 is 27.3 Å². The smallest absolute Gasteiger partial charge is 0.433 e. The Labute approximate surface area is 181 Å². The van der Waals surface area contributed by atoms with Crippen molar-refractivity contribution in [3.63, 3.8) is 0 Å². The molecule has 1 aromatic heterocycles. The number of carbonyl (C=O) groups excluding carboxylic acids is 1. The second kappa shape index (κ2) is 9.22. The fourth-order valence-corrected chi connectivity index (χ4v) is 4.25. The third kappa shape index (κ3) is 5.86. The summed E-state index contributed by atoms with van der Waals surface area (Å²) >= 11 is 3.58. The Morgan fingerprint density at radius 1 is 1.33 bits per heavy atom. The Morgan fingerprint density at radius 2 is 2.00 bits per heavy atom. The highest BCUT2D eigenvalue weighted by atomic mass is 79.9. The summed E-state index contributed by atoms with van der Waals surface area (Å²) in [6.45, 7) is -0.482. The molecule has 0 spiro atoms. The van der Waals surface area contributed by atoms with Gasteiger partial charge in [-0.3, -0.25) is 10.2 Å². The van der Waals surface area contributed by atoms with Gasteiger partial charge in [0.15, 0.2) is 20.6 Å². The standard InChI is InChI=1S/C16H14BrF3N4O4S2/c1-28-10(25)7-22-12(11(17)13(21)16(18,19)20)15-24-23-14(29-15)8-4-3-5-9(6-8)30(2,26)27/h3-6,21-22H,7H2,1-2H3/b12-11+,21-13?. The summed E-state index contributed by atoms with van der Waals surface area (Å²) in [7, 11) is -2.37. The van der Waals surface area contributed by atoms with E-state index in [0.717, 1.165) is 24.7 Å². The zero-order valence-electron chi connectivity index (χ0n) is 15.4. The molecule has 0 aliphatic heterocycles. The molecule has 0 aliphatic carbocycles. The number of alkyl halides is 3. The van der Waals surface area contributed by atoms with Gasteiger partial charge in [-0.25, -0.2) is 8.42 Å². The molecule has 8 nitrogen and oxygen atoms in total. The molecule has 0 amide bonds. The Bertz CT molecular complexity index is 1110. The average Bonchev–Trinajstić information content (AvgIpc) is 3.15. The molecule has 2 aromatic rings. The van der Waals surface area contributed by atoms with Crippen LogP contribution in [0.1, 0.15) is 5.01 Å². The van der Waals surface area contributed by atoms with Gasteiger partial charge in [-0.1, -0.05) is 23.5 Å². The molecule has 1 heterocycles. The van der Waals surface area contributed by atoms with Gasteiger partial charge in [0.25, 0.3) is 0 Å². The zero-order chi connectivity index (χ0) is 22.7. The van der Waals surface area contributed by atoms with Crippen LogP contribution in [-0.4, -0.2) is 56.4 Å². The Hall–Kier alpha value is -2.32.